The lowest BCUT2D eigenvalue weighted by Crippen LogP contribution is -2.32. The number of ether oxygens (including phenoxy) is 1. The minimum Gasteiger partial charge on any atom is -0.468 e. The zero-order chi connectivity index (χ0) is 9.73. The van der Waals surface area contributed by atoms with Crippen LogP contribution < -0.4 is 0 Å². The molecule has 0 N–H and O–H groups in total. The Morgan fingerprint density at radius 3 is 2.38 bits per heavy atom. The van der Waals surface area contributed by atoms with Gasteiger partial charge in [0, 0.05) is 0 Å². The van der Waals surface area contributed by atoms with Crippen molar-refractivity contribution in [2.75, 3.05) is 7.11 Å². The van der Waals surface area contributed by atoms with Crippen LogP contribution in [0.3, 0.4) is 0 Å². The van der Waals surface area contributed by atoms with Crippen LogP contribution in [-0.4, -0.2) is 13.1 Å². The molecule has 1 fully saturated rings. The van der Waals surface area contributed by atoms with Crippen molar-refractivity contribution in [2.45, 2.75) is 39.0 Å². The molecule has 13 heavy (non-hydrogen) atoms. The first kappa shape index (κ1) is 10.3. The molecule has 1 aliphatic carbocycles. The molecule has 1 saturated carbocycles. The number of carbonyl (C=O) groups excluding carboxylic acids is 1. The van der Waals surface area contributed by atoms with Gasteiger partial charge in [0.25, 0.3) is 0 Å². The SMILES string of the molecule is C/C=C\C1(C(=O)OC)CCCCC1. The predicted octanol–water partition coefficient (Wildman–Crippen LogP) is 2.69. The third-order valence-corrected chi connectivity index (χ3v) is 2.82. The normalized spacial score (nSPS) is 21.7. The van der Waals surface area contributed by atoms with Crippen LogP contribution >= 0.6 is 0 Å². The van der Waals surface area contributed by atoms with Gasteiger partial charge >= 0.3 is 5.97 Å². The quantitative estimate of drug-likeness (QED) is 0.485. The Labute approximate surface area is 80.0 Å². The number of hydrogen-bond donors (Lipinski definition) is 0. The van der Waals surface area contributed by atoms with Gasteiger partial charge in [-0.1, -0.05) is 31.4 Å². The van der Waals surface area contributed by atoms with E-state index in [0.29, 0.717) is 0 Å². The van der Waals surface area contributed by atoms with Crippen molar-refractivity contribution in [1.29, 1.82) is 0 Å². The monoisotopic (exact) mass is 182 g/mol. The highest BCUT2D eigenvalue weighted by atomic mass is 16.5. The second-order valence-electron chi connectivity index (χ2n) is 3.71. The number of methoxy groups -OCH3 is 1. The van der Waals surface area contributed by atoms with Gasteiger partial charge in [-0.25, -0.2) is 0 Å². The van der Waals surface area contributed by atoms with Gasteiger partial charge in [0.2, 0.25) is 0 Å². The van der Waals surface area contributed by atoms with Gasteiger partial charge < -0.3 is 4.74 Å². The number of rotatable bonds is 2. The topological polar surface area (TPSA) is 26.3 Å². The molecule has 0 radical (unpaired) electrons. The number of allylic oxidation sites excluding steroid dienone is 1. The standard InChI is InChI=1S/C11H18O2/c1-3-7-11(10(12)13-2)8-5-4-6-9-11/h3,7H,4-6,8-9H2,1-2H3/b7-3-. The van der Waals surface area contributed by atoms with Crippen LogP contribution in [0.2, 0.25) is 0 Å². The Morgan fingerprint density at radius 1 is 1.31 bits per heavy atom. The molecule has 0 amide bonds. The van der Waals surface area contributed by atoms with E-state index in [0.717, 1.165) is 25.7 Å². The van der Waals surface area contributed by atoms with E-state index >= 15 is 0 Å². The van der Waals surface area contributed by atoms with E-state index in [2.05, 4.69) is 0 Å². The Morgan fingerprint density at radius 2 is 1.92 bits per heavy atom. The van der Waals surface area contributed by atoms with Gasteiger partial charge in [0.1, 0.15) is 0 Å². The lowest BCUT2D eigenvalue weighted by Gasteiger charge is -2.31. The highest BCUT2D eigenvalue weighted by molar-refractivity contribution is 5.79. The summed E-state index contributed by atoms with van der Waals surface area (Å²) in [7, 11) is 1.47. The molecule has 1 aliphatic rings. The number of hydrogen-bond acceptors (Lipinski definition) is 2. The fraction of sp³-hybridized carbons (Fsp3) is 0.727. The Kier molecular flexibility index (Phi) is 3.52. The average Bonchev–Trinajstić information content (AvgIpc) is 2.18. The Balaban J connectivity index is 2.78. The summed E-state index contributed by atoms with van der Waals surface area (Å²) in [5.41, 5.74) is -0.304. The van der Waals surface area contributed by atoms with Crippen molar-refractivity contribution in [3.8, 4) is 0 Å². The Bertz CT molecular complexity index is 200. The van der Waals surface area contributed by atoms with Gasteiger partial charge in [-0.2, -0.15) is 0 Å². The van der Waals surface area contributed by atoms with Crippen molar-refractivity contribution in [1.82, 2.24) is 0 Å². The molecule has 0 aromatic rings. The molecule has 2 nitrogen and oxygen atoms in total. The van der Waals surface area contributed by atoms with Crippen LogP contribution in [0.5, 0.6) is 0 Å². The van der Waals surface area contributed by atoms with Gasteiger partial charge in [0.15, 0.2) is 0 Å². The van der Waals surface area contributed by atoms with Gasteiger partial charge in [-0.15, -0.1) is 0 Å². The molecule has 0 saturated heterocycles. The average molecular weight is 182 g/mol. The van der Waals surface area contributed by atoms with E-state index < -0.39 is 0 Å². The summed E-state index contributed by atoms with van der Waals surface area (Å²) < 4.78 is 4.86. The number of carbonyl (C=O) groups is 1. The van der Waals surface area contributed by atoms with E-state index in [4.69, 9.17) is 4.74 Å². The van der Waals surface area contributed by atoms with E-state index in [-0.39, 0.29) is 11.4 Å². The van der Waals surface area contributed by atoms with Crippen LogP contribution in [0.4, 0.5) is 0 Å². The molecule has 74 valence electrons. The lowest BCUT2D eigenvalue weighted by molar-refractivity contribution is -0.151. The molecular formula is C11H18O2. The van der Waals surface area contributed by atoms with Gasteiger partial charge in [-0.3, -0.25) is 4.79 Å². The third kappa shape index (κ3) is 2.11. The summed E-state index contributed by atoms with van der Waals surface area (Å²) in [6.45, 7) is 1.96. The van der Waals surface area contributed by atoms with Crippen LogP contribution in [0.25, 0.3) is 0 Å². The second kappa shape index (κ2) is 4.45. The van der Waals surface area contributed by atoms with E-state index in [1.54, 1.807) is 0 Å². The highest BCUT2D eigenvalue weighted by Crippen LogP contribution is 2.38. The van der Waals surface area contributed by atoms with E-state index in [1.165, 1.54) is 13.5 Å². The van der Waals surface area contributed by atoms with Crippen molar-refractivity contribution in [2.24, 2.45) is 5.41 Å². The summed E-state index contributed by atoms with van der Waals surface area (Å²) >= 11 is 0. The largest absolute Gasteiger partial charge is 0.468 e. The molecule has 0 bridgehead atoms. The smallest absolute Gasteiger partial charge is 0.315 e. The fourth-order valence-electron chi connectivity index (χ4n) is 2.14. The molecule has 0 aliphatic heterocycles. The van der Waals surface area contributed by atoms with Crippen LogP contribution in [0.1, 0.15) is 39.0 Å². The zero-order valence-electron chi connectivity index (χ0n) is 8.51. The molecule has 0 unspecified atom stereocenters. The maximum absolute atomic E-state index is 11.6. The fourth-order valence-corrected chi connectivity index (χ4v) is 2.14. The predicted molar refractivity (Wildman–Crippen MR) is 52.3 cm³/mol. The summed E-state index contributed by atoms with van der Waals surface area (Å²) in [4.78, 5) is 11.6. The van der Waals surface area contributed by atoms with Crippen LogP contribution in [-0.2, 0) is 9.53 Å². The van der Waals surface area contributed by atoms with Crippen molar-refractivity contribution < 1.29 is 9.53 Å². The third-order valence-electron chi connectivity index (χ3n) is 2.82. The Hall–Kier alpha value is -0.790. The molecule has 0 aromatic heterocycles. The first-order chi connectivity index (χ1) is 6.25. The molecule has 2 heteroatoms. The zero-order valence-corrected chi connectivity index (χ0v) is 8.51. The second-order valence-corrected chi connectivity index (χ2v) is 3.71. The first-order valence-corrected chi connectivity index (χ1v) is 4.97. The summed E-state index contributed by atoms with van der Waals surface area (Å²) in [5, 5.41) is 0. The molecule has 0 spiro atoms. The van der Waals surface area contributed by atoms with Crippen molar-refractivity contribution in [3.05, 3.63) is 12.2 Å². The molecule has 0 aromatic carbocycles. The van der Waals surface area contributed by atoms with Crippen LogP contribution in [0, 0.1) is 5.41 Å². The first-order valence-electron chi connectivity index (χ1n) is 4.97. The minimum absolute atomic E-state index is 0.0645. The van der Waals surface area contributed by atoms with Crippen molar-refractivity contribution >= 4 is 5.97 Å². The maximum atomic E-state index is 11.6. The lowest BCUT2D eigenvalue weighted by atomic mass is 9.74. The number of esters is 1. The maximum Gasteiger partial charge on any atom is 0.315 e. The van der Waals surface area contributed by atoms with Crippen molar-refractivity contribution in [3.63, 3.8) is 0 Å². The molecular weight excluding hydrogens is 164 g/mol. The summed E-state index contributed by atoms with van der Waals surface area (Å²) in [6.07, 6.45) is 9.39. The molecule has 1 rings (SSSR count). The van der Waals surface area contributed by atoms with Gasteiger partial charge in [-0.05, 0) is 19.8 Å². The highest BCUT2D eigenvalue weighted by Gasteiger charge is 2.37. The van der Waals surface area contributed by atoms with E-state index in [9.17, 15) is 4.79 Å². The van der Waals surface area contributed by atoms with E-state index in [1.807, 2.05) is 19.1 Å². The van der Waals surface area contributed by atoms with Gasteiger partial charge in [0.05, 0.1) is 12.5 Å². The summed E-state index contributed by atoms with van der Waals surface area (Å²) in [6, 6.07) is 0. The molecule has 0 heterocycles. The minimum atomic E-state index is -0.304. The van der Waals surface area contributed by atoms with Crippen LogP contribution in [0.15, 0.2) is 12.2 Å². The molecule has 0 atom stereocenters. The summed E-state index contributed by atoms with van der Waals surface area (Å²) in [5.74, 6) is -0.0645.